The summed E-state index contributed by atoms with van der Waals surface area (Å²) in [5.74, 6) is -0.242. The van der Waals surface area contributed by atoms with Crippen LogP contribution in [0.1, 0.15) is 31.2 Å². The summed E-state index contributed by atoms with van der Waals surface area (Å²) in [6.45, 7) is 3.28. The molecule has 18 heavy (non-hydrogen) atoms. The lowest BCUT2D eigenvalue weighted by molar-refractivity contribution is -0.145. The monoisotopic (exact) mass is 249 g/mol. The predicted molar refractivity (Wildman–Crippen MR) is 73.6 cm³/mol. The molecule has 1 unspecified atom stereocenters. The maximum absolute atomic E-state index is 12.0. The average Bonchev–Trinajstić information content (AvgIpc) is 2.35. The van der Waals surface area contributed by atoms with Gasteiger partial charge in [-0.3, -0.25) is 4.79 Å². The molecule has 100 valence electrons. The lowest BCUT2D eigenvalue weighted by atomic mass is 9.94. The molecule has 0 radical (unpaired) electrons. The van der Waals surface area contributed by atoms with Gasteiger partial charge in [-0.15, -0.1) is 0 Å². The molecule has 0 aliphatic carbocycles. The fraction of sp³-hybridized carbons (Fsp3) is 0.533. The Balaban J connectivity index is 2.66. The van der Waals surface area contributed by atoms with Gasteiger partial charge in [-0.2, -0.15) is 0 Å². The lowest BCUT2D eigenvalue weighted by Crippen LogP contribution is -2.19. The predicted octanol–water partition coefficient (Wildman–Crippen LogP) is 2.68. The van der Waals surface area contributed by atoms with Crippen LogP contribution in [0.15, 0.2) is 30.3 Å². The van der Waals surface area contributed by atoms with Crippen molar-refractivity contribution in [3.63, 3.8) is 0 Å². The number of esters is 1. The molecule has 0 aromatic heterocycles. The van der Waals surface area contributed by atoms with Gasteiger partial charge in [0.05, 0.1) is 12.5 Å². The fourth-order valence-electron chi connectivity index (χ4n) is 1.96. The van der Waals surface area contributed by atoms with Crippen molar-refractivity contribution in [3.05, 3.63) is 35.9 Å². The topological polar surface area (TPSA) is 29.5 Å². The number of carbonyl (C=O) groups excluding carboxylic acids is 1. The van der Waals surface area contributed by atoms with Gasteiger partial charge in [-0.05, 0) is 46.0 Å². The number of hydrogen-bond donors (Lipinski definition) is 0. The van der Waals surface area contributed by atoms with E-state index in [1.807, 2.05) is 51.4 Å². The molecule has 0 N–H and O–H groups in total. The van der Waals surface area contributed by atoms with Crippen LogP contribution < -0.4 is 0 Å². The number of hydrogen-bond acceptors (Lipinski definition) is 3. The molecule has 0 heterocycles. The van der Waals surface area contributed by atoms with Gasteiger partial charge in [0, 0.05) is 0 Å². The summed E-state index contributed by atoms with van der Waals surface area (Å²) in [5.41, 5.74) is 1.05. The molecule has 0 aliphatic rings. The minimum Gasteiger partial charge on any atom is -0.466 e. The summed E-state index contributed by atoms with van der Waals surface area (Å²) >= 11 is 0. The Morgan fingerprint density at radius 1 is 1.28 bits per heavy atom. The van der Waals surface area contributed by atoms with E-state index >= 15 is 0 Å². The zero-order valence-electron chi connectivity index (χ0n) is 11.6. The standard InChI is InChI=1S/C15H23NO2/c1-4-18-15(17)14(11-8-12-16(2)3)13-9-6-5-7-10-13/h5-7,9-10,14H,4,8,11-12H2,1-3H3. The van der Waals surface area contributed by atoms with E-state index in [1.54, 1.807) is 0 Å². The Hall–Kier alpha value is -1.35. The maximum Gasteiger partial charge on any atom is 0.313 e. The second-order valence-corrected chi connectivity index (χ2v) is 4.66. The van der Waals surface area contributed by atoms with Gasteiger partial charge in [-0.1, -0.05) is 30.3 Å². The summed E-state index contributed by atoms with van der Waals surface area (Å²) in [6.07, 6.45) is 1.83. The first-order valence-electron chi connectivity index (χ1n) is 6.51. The Kier molecular flexibility index (Phi) is 6.44. The van der Waals surface area contributed by atoms with Gasteiger partial charge < -0.3 is 9.64 Å². The third-order valence-electron chi connectivity index (χ3n) is 2.87. The Labute approximate surface area is 110 Å². The molecule has 1 aromatic rings. The van der Waals surface area contributed by atoms with Crippen LogP contribution in [0.3, 0.4) is 0 Å². The highest BCUT2D eigenvalue weighted by Crippen LogP contribution is 2.22. The van der Waals surface area contributed by atoms with Crippen LogP contribution >= 0.6 is 0 Å². The zero-order valence-corrected chi connectivity index (χ0v) is 11.6. The van der Waals surface area contributed by atoms with Gasteiger partial charge in [0.1, 0.15) is 0 Å². The highest BCUT2D eigenvalue weighted by atomic mass is 16.5. The van der Waals surface area contributed by atoms with Gasteiger partial charge in [0.25, 0.3) is 0 Å². The first-order valence-corrected chi connectivity index (χ1v) is 6.51. The summed E-state index contributed by atoms with van der Waals surface area (Å²) in [6, 6.07) is 9.89. The molecule has 0 saturated heterocycles. The van der Waals surface area contributed by atoms with E-state index in [4.69, 9.17) is 4.74 Å². The van der Waals surface area contributed by atoms with Crippen LogP contribution in [0, 0.1) is 0 Å². The number of nitrogens with zero attached hydrogens (tertiary/aromatic N) is 1. The van der Waals surface area contributed by atoms with Crippen LogP contribution in [0.25, 0.3) is 0 Å². The highest BCUT2D eigenvalue weighted by molar-refractivity contribution is 5.78. The Morgan fingerprint density at radius 3 is 2.50 bits per heavy atom. The molecule has 3 nitrogen and oxygen atoms in total. The summed E-state index contributed by atoms with van der Waals surface area (Å²) < 4.78 is 5.16. The largest absolute Gasteiger partial charge is 0.466 e. The van der Waals surface area contributed by atoms with Gasteiger partial charge in [0.15, 0.2) is 0 Å². The van der Waals surface area contributed by atoms with Crippen LogP contribution in [0.4, 0.5) is 0 Å². The zero-order chi connectivity index (χ0) is 13.4. The minimum atomic E-state index is -0.133. The second kappa shape index (κ2) is 7.88. The summed E-state index contributed by atoms with van der Waals surface area (Å²) in [5, 5.41) is 0. The molecule has 1 atom stereocenters. The maximum atomic E-state index is 12.0. The third kappa shape index (κ3) is 4.88. The van der Waals surface area contributed by atoms with Crippen molar-refractivity contribution in [1.29, 1.82) is 0 Å². The van der Waals surface area contributed by atoms with E-state index in [-0.39, 0.29) is 11.9 Å². The van der Waals surface area contributed by atoms with E-state index in [0.29, 0.717) is 6.61 Å². The normalized spacial score (nSPS) is 12.4. The smallest absolute Gasteiger partial charge is 0.313 e. The van der Waals surface area contributed by atoms with E-state index in [1.165, 1.54) is 0 Å². The molecular weight excluding hydrogens is 226 g/mol. The second-order valence-electron chi connectivity index (χ2n) is 4.66. The van der Waals surface area contributed by atoms with Crippen LogP contribution in [-0.4, -0.2) is 38.1 Å². The van der Waals surface area contributed by atoms with E-state index in [2.05, 4.69) is 4.90 Å². The molecular formula is C15H23NO2. The first kappa shape index (κ1) is 14.7. The van der Waals surface area contributed by atoms with Crippen molar-refractivity contribution < 1.29 is 9.53 Å². The van der Waals surface area contributed by atoms with Gasteiger partial charge in [0.2, 0.25) is 0 Å². The number of rotatable bonds is 7. The van der Waals surface area contributed by atoms with E-state index in [9.17, 15) is 4.79 Å². The lowest BCUT2D eigenvalue weighted by Gasteiger charge is -2.17. The van der Waals surface area contributed by atoms with Crippen molar-refractivity contribution in [2.75, 3.05) is 27.2 Å². The van der Waals surface area contributed by atoms with Crippen molar-refractivity contribution >= 4 is 5.97 Å². The SMILES string of the molecule is CCOC(=O)C(CCCN(C)C)c1ccccc1. The van der Waals surface area contributed by atoms with Gasteiger partial charge >= 0.3 is 5.97 Å². The molecule has 0 aliphatic heterocycles. The molecule has 0 bridgehead atoms. The molecule has 0 spiro atoms. The van der Waals surface area contributed by atoms with Crippen molar-refractivity contribution in [2.24, 2.45) is 0 Å². The third-order valence-corrected chi connectivity index (χ3v) is 2.87. The minimum absolute atomic E-state index is 0.109. The van der Waals surface area contributed by atoms with Crippen molar-refractivity contribution in [2.45, 2.75) is 25.7 Å². The number of ether oxygens (including phenoxy) is 1. The average molecular weight is 249 g/mol. The number of benzene rings is 1. The highest BCUT2D eigenvalue weighted by Gasteiger charge is 2.21. The number of carbonyl (C=O) groups is 1. The molecule has 0 saturated carbocycles. The van der Waals surface area contributed by atoms with E-state index < -0.39 is 0 Å². The molecule has 0 fully saturated rings. The molecule has 1 rings (SSSR count). The fourth-order valence-corrected chi connectivity index (χ4v) is 1.96. The van der Waals surface area contributed by atoms with Crippen LogP contribution in [0.2, 0.25) is 0 Å². The Bertz CT molecular complexity index is 349. The quantitative estimate of drug-likeness (QED) is 0.696. The van der Waals surface area contributed by atoms with Gasteiger partial charge in [-0.25, -0.2) is 0 Å². The van der Waals surface area contributed by atoms with Crippen molar-refractivity contribution in [3.8, 4) is 0 Å². The van der Waals surface area contributed by atoms with Crippen LogP contribution in [-0.2, 0) is 9.53 Å². The summed E-state index contributed by atoms with van der Waals surface area (Å²) in [7, 11) is 4.09. The molecule has 0 amide bonds. The Morgan fingerprint density at radius 2 is 1.94 bits per heavy atom. The van der Waals surface area contributed by atoms with Crippen molar-refractivity contribution in [1.82, 2.24) is 4.90 Å². The molecule has 3 heteroatoms. The summed E-state index contributed by atoms with van der Waals surface area (Å²) in [4.78, 5) is 14.1. The first-order chi connectivity index (χ1) is 8.65. The van der Waals surface area contributed by atoms with Crippen LogP contribution in [0.5, 0.6) is 0 Å². The molecule has 1 aromatic carbocycles. The van der Waals surface area contributed by atoms with E-state index in [0.717, 1.165) is 24.9 Å².